The van der Waals surface area contributed by atoms with Crippen LogP contribution in [0.25, 0.3) is 0 Å². The molecule has 140 valence electrons. The molecule has 7 nitrogen and oxygen atoms in total. The Balaban J connectivity index is 1.48. The van der Waals surface area contributed by atoms with Crippen LogP contribution in [-0.4, -0.2) is 42.5 Å². The lowest BCUT2D eigenvalue weighted by molar-refractivity contribution is 0.0886. The molecule has 2 aliphatic heterocycles. The number of aromatic nitrogens is 2. The van der Waals surface area contributed by atoms with Gasteiger partial charge in [0, 0.05) is 38.1 Å². The van der Waals surface area contributed by atoms with Gasteiger partial charge in [-0.1, -0.05) is 0 Å². The largest absolute Gasteiger partial charge is 0.493 e. The second kappa shape index (κ2) is 7.55. The number of rotatable bonds is 6. The summed E-state index contributed by atoms with van der Waals surface area (Å²) in [7, 11) is 1.65. The highest BCUT2D eigenvalue weighted by Gasteiger charge is 2.32. The van der Waals surface area contributed by atoms with E-state index in [1.165, 1.54) is 0 Å². The number of aryl methyl sites for hydroxylation is 1. The van der Waals surface area contributed by atoms with Gasteiger partial charge in [-0.3, -0.25) is 0 Å². The van der Waals surface area contributed by atoms with Crippen LogP contribution in [-0.2, 0) is 17.8 Å². The van der Waals surface area contributed by atoms with Crippen molar-refractivity contribution in [3.05, 3.63) is 35.9 Å². The van der Waals surface area contributed by atoms with Gasteiger partial charge in [-0.25, -0.2) is 4.98 Å². The molecule has 4 rings (SSSR count). The van der Waals surface area contributed by atoms with Crippen LogP contribution in [0, 0.1) is 0 Å². The lowest BCUT2D eigenvalue weighted by Gasteiger charge is -2.23. The first-order chi connectivity index (χ1) is 12.8. The normalized spacial score (nSPS) is 21.8. The van der Waals surface area contributed by atoms with E-state index in [0.29, 0.717) is 31.3 Å². The Morgan fingerprint density at radius 1 is 1.27 bits per heavy atom. The number of hydrogen-bond donors (Lipinski definition) is 1. The van der Waals surface area contributed by atoms with Gasteiger partial charge in [-0.05, 0) is 31.0 Å². The average Bonchev–Trinajstić information content (AvgIpc) is 3.33. The molecule has 1 saturated heterocycles. The second-order valence-corrected chi connectivity index (χ2v) is 6.46. The maximum Gasteiger partial charge on any atom is 0.203 e. The molecule has 0 aliphatic carbocycles. The predicted octanol–water partition coefficient (Wildman–Crippen LogP) is 2.30. The second-order valence-electron chi connectivity index (χ2n) is 6.46. The summed E-state index contributed by atoms with van der Waals surface area (Å²) in [5.41, 5.74) is 1.09. The number of imidazole rings is 1. The molecule has 0 saturated carbocycles. The monoisotopic (exact) mass is 359 g/mol. The highest BCUT2D eigenvalue weighted by molar-refractivity contribution is 5.54. The topological polar surface area (TPSA) is 66.8 Å². The van der Waals surface area contributed by atoms with Gasteiger partial charge >= 0.3 is 0 Å². The molecule has 1 N–H and O–H groups in total. The third-order valence-electron chi connectivity index (χ3n) is 4.89. The molecule has 1 aromatic heterocycles. The number of benzene rings is 1. The van der Waals surface area contributed by atoms with Gasteiger partial charge in [0.1, 0.15) is 25.1 Å². The molecular weight excluding hydrogens is 334 g/mol. The molecule has 3 heterocycles. The van der Waals surface area contributed by atoms with E-state index in [-0.39, 0.29) is 12.1 Å². The Morgan fingerprint density at radius 2 is 2.15 bits per heavy atom. The maximum atomic E-state index is 5.96. The Hall–Kier alpha value is -2.25. The minimum atomic E-state index is -0.0240. The number of ether oxygens (including phenoxy) is 4. The van der Waals surface area contributed by atoms with Gasteiger partial charge in [0.05, 0.1) is 7.11 Å². The molecule has 1 fully saturated rings. The lowest BCUT2D eigenvalue weighted by atomic mass is 10.1. The average molecular weight is 359 g/mol. The van der Waals surface area contributed by atoms with Crippen molar-refractivity contribution < 1.29 is 18.9 Å². The molecule has 1 aromatic carbocycles. The summed E-state index contributed by atoms with van der Waals surface area (Å²) in [5, 5.41) is 3.62. The first-order valence-electron chi connectivity index (χ1n) is 9.12. The number of nitrogens with zero attached hydrogens (tertiary/aromatic N) is 2. The van der Waals surface area contributed by atoms with E-state index < -0.39 is 0 Å². The van der Waals surface area contributed by atoms with Crippen LogP contribution in [0.3, 0.4) is 0 Å². The quantitative estimate of drug-likeness (QED) is 0.854. The Bertz CT molecular complexity index is 744. The van der Waals surface area contributed by atoms with Crippen molar-refractivity contribution in [1.82, 2.24) is 14.9 Å². The number of nitrogens with one attached hydrogen (secondary N) is 1. The molecule has 0 amide bonds. The summed E-state index contributed by atoms with van der Waals surface area (Å²) in [5.74, 6) is 3.13. The number of fused-ring (bicyclic) bond motifs is 1. The predicted molar refractivity (Wildman–Crippen MR) is 95.8 cm³/mol. The van der Waals surface area contributed by atoms with Gasteiger partial charge in [-0.2, -0.15) is 0 Å². The van der Waals surface area contributed by atoms with E-state index >= 15 is 0 Å². The van der Waals surface area contributed by atoms with E-state index in [4.69, 9.17) is 18.9 Å². The zero-order valence-electron chi connectivity index (χ0n) is 15.2. The van der Waals surface area contributed by atoms with E-state index in [9.17, 15) is 0 Å². The standard InChI is InChI=1S/C19H25N3O4/c1-3-22-6-5-20-19(22)17-14(4-7-25-17)21-12-13-10-15(23-2)18-16(11-13)24-8-9-26-18/h5-6,10-11,14,17,21H,3-4,7-9,12H2,1-2H3/t14-,17-/m0/s1. The molecule has 0 radical (unpaired) electrons. The van der Waals surface area contributed by atoms with Crippen molar-refractivity contribution in [1.29, 1.82) is 0 Å². The SMILES string of the molecule is CCn1ccnc1[C@H]1OCC[C@@H]1NCc1cc(OC)c2c(c1)OCCO2. The molecule has 0 bridgehead atoms. The molecule has 7 heteroatoms. The number of hydrogen-bond acceptors (Lipinski definition) is 6. The van der Waals surface area contributed by atoms with Crippen molar-refractivity contribution in [3.8, 4) is 17.2 Å². The zero-order chi connectivity index (χ0) is 17.9. The van der Waals surface area contributed by atoms with Crippen molar-refractivity contribution in [2.24, 2.45) is 0 Å². The van der Waals surface area contributed by atoms with E-state index in [2.05, 4.69) is 21.8 Å². The fraction of sp³-hybridized carbons (Fsp3) is 0.526. The van der Waals surface area contributed by atoms with Crippen molar-refractivity contribution in [2.45, 2.75) is 38.6 Å². The highest BCUT2D eigenvalue weighted by atomic mass is 16.6. The molecule has 26 heavy (non-hydrogen) atoms. The zero-order valence-corrected chi connectivity index (χ0v) is 15.2. The van der Waals surface area contributed by atoms with Crippen molar-refractivity contribution >= 4 is 0 Å². The van der Waals surface area contributed by atoms with Crippen LogP contribution in [0.4, 0.5) is 0 Å². The maximum absolute atomic E-state index is 5.96. The first-order valence-corrected chi connectivity index (χ1v) is 9.12. The van der Waals surface area contributed by atoms with E-state index in [1.54, 1.807) is 7.11 Å². The van der Waals surface area contributed by atoms with E-state index in [1.807, 2.05) is 24.5 Å². The summed E-state index contributed by atoms with van der Waals surface area (Å²) in [6.07, 6.45) is 4.77. The molecule has 0 unspecified atom stereocenters. The smallest absolute Gasteiger partial charge is 0.203 e. The Morgan fingerprint density at radius 3 is 3.00 bits per heavy atom. The van der Waals surface area contributed by atoms with Crippen LogP contribution < -0.4 is 19.5 Å². The van der Waals surface area contributed by atoms with Crippen LogP contribution in [0.2, 0.25) is 0 Å². The highest BCUT2D eigenvalue weighted by Crippen LogP contribution is 2.40. The molecular formula is C19H25N3O4. The first kappa shape index (κ1) is 17.2. The van der Waals surface area contributed by atoms with Gasteiger partial charge < -0.3 is 28.8 Å². The van der Waals surface area contributed by atoms with Crippen LogP contribution in [0.15, 0.2) is 24.5 Å². The fourth-order valence-electron chi connectivity index (χ4n) is 3.58. The Kier molecular flexibility index (Phi) is 4.99. The van der Waals surface area contributed by atoms with Crippen LogP contribution >= 0.6 is 0 Å². The number of methoxy groups -OCH3 is 1. The van der Waals surface area contributed by atoms with Gasteiger partial charge in [0.25, 0.3) is 0 Å². The summed E-state index contributed by atoms with van der Waals surface area (Å²) >= 11 is 0. The molecule has 2 aromatic rings. The summed E-state index contributed by atoms with van der Waals surface area (Å²) in [4.78, 5) is 4.50. The van der Waals surface area contributed by atoms with Crippen molar-refractivity contribution in [3.63, 3.8) is 0 Å². The minimum absolute atomic E-state index is 0.0240. The summed E-state index contributed by atoms with van der Waals surface area (Å²) in [6, 6.07) is 4.24. The summed E-state index contributed by atoms with van der Waals surface area (Å²) < 4.78 is 24.9. The van der Waals surface area contributed by atoms with Gasteiger partial charge in [0.2, 0.25) is 5.75 Å². The summed E-state index contributed by atoms with van der Waals surface area (Å²) in [6.45, 7) is 5.55. The third-order valence-corrected chi connectivity index (χ3v) is 4.89. The van der Waals surface area contributed by atoms with Crippen molar-refractivity contribution in [2.75, 3.05) is 26.9 Å². The molecule has 2 aliphatic rings. The minimum Gasteiger partial charge on any atom is -0.493 e. The van der Waals surface area contributed by atoms with Crippen LogP contribution in [0.1, 0.15) is 30.8 Å². The third kappa shape index (κ3) is 3.24. The van der Waals surface area contributed by atoms with Gasteiger partial charge in [0.15, 0.2) is 11.5 Å². The Labute approximate surface area is 153 Å². The molecule has 0 spiro atoms. The van der Waals surface area contributed by atoms with Crippen LogP contribution in [0.5, 0.6) is 17.2 Å². The lowest BCUT2D eigenvalue weighted by Crippen LogP contribution is -2.32. The van der Waals surface area contributed by atoms with Gasteiger partial charge in [-0.15, -0.1) is 0 Å². The fourth-order valence-corrected chi connectivity index (χ4v) is 3.58. The molecule has 2 atom stereocenters. The van der Waals surface area contributed by atoms with E-state index in [0.717, 1.165) is 36.7 Å².